The van der Waals surface area contributed by atoms with Crippen LogP contribution in [0.25, 0.3) is 0 Å². The van der Waals surface area contributed by atoms with Crippen LogP contribution in [0.5, 0.6) is 0 Å². The fourth-order valence-corrected chi connectivity index (χ4v) is 2.54. The van der Waals surface area contributed by atoms with Crippen molar-refractivity contribution in [2.75, 3.05) is 25.0 Å². The number of likely N-dealkylation sites (N-methyl/N-ethyl adjacent to an activating group) is 1. The average Bonchev–Trinajstić information content (AvgIpc) is 2.58. The van der Waals surface area contributed by atoms with Gasteiger partial charge in [0.1, 0.15) is 0 Å². The molecule has 0 heterocycles. The van der Waals surface area contributed by atoms with E-state index in [0.717, 1.165) is 5.69 Å². The molecule has 4 heteroatoms. The zero-order valence-corrected chi connectivity index (χ0v) is 14.3. The molecule has 0 saturated carbocycles. The van der Waals surface area contributed by atoms with Crippen LogP contribution in [0.15, 0.2) is 54.6 Å². The topological polar surface area (TPSA) is 47.3 Å². The molecule has 2 aromatic rings. The van der Waals surface area contributed by atoms with E-state index in [9.17, 15) is 4.79 Å². The van der Waals surface area contributed by atoms with E-state index in [1.807, 2.05) is 42.3 Å². The number of aryl methyl sites for hydroxylation is 1. The lowest BCUT2D eigenvalue weighted by Gasteiger charge is -2.25. The Kier molecular flexibility index (Phi) is 6.53. The van der Waals surface area contributed by atoms with Crippen LogP contribution < -0.4 is 4.90 Å². The highest BCUT2D eigenvalue weighted by Gasteiger charge is 2.17. The number of rotatable bonds is 7. The van der Waals surface area contributed by atoms with Crippen LogP contribution in [-0.4, -0.2) is 30.9 Å². The van der Waals surface area contributed by atoms with Crippen LogP contribution in [-0.2, 0) is 11.3 Å². The molecule has 2 rings (SSSR count). The first-order valence-corrected chi connectivity index (χ1v) is 8.06. The molecular formula is C20H23N3O. The predicted octanol–water partition coefficient (Wildman–Crippen LogP) is 3.37. The highest BCUT2D eigenvalue weighted by Crippen LogP contribution is 2.14. The van der Waals surface area contributed by atoms with Gasteiger partial charge in [0.05, 0.1) is 19.0 Å². The number of nitrogens with zero attached hydrogens (tertiary/aromatic N) is 3. The van der Waals surface area contributed by atoms with E-state index >= 15 is 0 Å². The van der Waals surface area contributed by atoms with Gasteiger partial charge in [0.2, 0.25) is 5.91 Å². The van der Waals surface area contributed by atoms with Crippen LogP contribution >= 0.6 is 0 Å². The van der Waals surface area contributed by atoms with E-state index in [4.69, 9.17) is 5.26 Å². The van der Waals surface area contributed by atoms with Gasteiger partial charge in [0.15, 0.2) is 0 Å². The second-order valence-corrected chi connectivity index (χ2v) is 5.95. The van der Waals surface area contributed by atoms with Crippen molar-refractivity contribution in [2.24, 2.45) is 0 Å². The minimum atomic E-state index is 0.00561. The monoisotopic (exact) mass is 321 g/mol. The first kappa shape index (κ1) is 17.7. The molecule has 0 aliphatic carbocycles. The standard InChI is InChI=1S/C20H23N3O/c1-17-9-11-18(12-10-17)15-22(2)16-20(24)23(14-6-13-21)19-7-4-3-5-8-19/h3-5,7-12H,6,14-16H2,1-2H3. The molecular weight excluding hydrogens is 298 g/mol. The minimum absolute atomic E-state index is 0.00561. The zero-order chi connectivity index (χ0) is 17.4. The van der Waals surface area contributed by atoms with Gasteiger partial charge < -0.3 is 4.90 Å². The smallest absolute Gasteiger partial charge is 0.241 e. The number of anilines is 1. The Morgan fingerprint density at radius 3 is 2.38 bits per heavy atom. The summed E-state index contributed by atoms with van der Waals surface area (Å²) in [5.74, 6) is 0.00561. The first-order valence-electron chi connectivity index (χ1n) is 8.06. The van der Waals surface area contributed by atoms with Crippen molar-refractivity contribution in [3.05, 3.63) is 65.7 Å². The molecule has 4 nitrogen and oxygen atoms in total. The van der Waals surface area contributed by atoms with E-state index in [1.54, 1.807) is 4.90 Å². The molecule has 0 radical (unpaired) electrons. The molecule has 0 fully saturated rings. The van der Waals surface area contributed by atoms with Gasteiger partial charge in [0.25, 0.3) is 0 Å². The van der Waals surface area contributed by atoms with Gasteiger partial charge in [-0.05, 0) is 31.7 Å². The van der Waals surface area contributed by atoms with E-state index < -0.39 is 0 Å². The number of hydrogen-bond acceptors (Lipinski definition) is 3. The summed E-state index contributed by atoms with van der Waals surface area (Å²) in [6, 6.07) is 20.0. The fourth-order valence-electron chi connectivity index (χ4n) is 2.54. The Morgan fingerprint density at radius 1 is 1.08 bits per heavy atom. The van der Waals surface area contributed by atoms with Crippen LogP contribution in [0.2, 0.25) is 0 Å². The quantitative estimate of drug-likeness (QED) is 0.785. The number of benzene rings is 2. The Morgan fingerprint density at radius 2 is 1.75 bits per heavy atom. The Hall–Kier alpha value is -2.64. The lowest BCUT2D eigenvalue weighted by atomic mass is 10.1. The summed E-state index contributed by atoms with van der Waals surface area (Å²) in [5, 5.41) is 8.84. The predicted molar refractivity (Wildman–Crippen MR) is 96.5 cm³/mol. The lowest BCUT2D eigenvalue weighted by Crippen LogP contribution is -2.39. The molecule has 24 heavy (non-hydrogen) atoms. The summed E-state index contributed by atoms with van der Waals surface area (Å²) in [5.41, 5.74) is 3.24. The Balaban J connectivity index is 2.01. The second kappa shape index (κ2) is 8.85. The van der Waals surface area contributed by atoms with Crippen molar-refractivity contribution in [2.45, 2.75) is 19.9 Å². The molecule has 0 unspecified atom stereocenters. The number of hydrogen-bond donors (Lipinski definition) is 0. The van der Waals surface area contributed by atoms with Gasteiger partial charge in [-0.1, -0.05) is 48.0 Å². The maximum Gasteiger partial charge on any atom is 0.241 e. The highest BCUT2D eigenvalue weighted by atomic mass is 16.2. The molecule has 0 aliphatic rings. The van der Waals surface area contributed by atoms with Crippen molar-refractivity contribution in [3.63, 3.8) is 0 Å². The SMILES string of the molecule is Cc1ccc(CN(C)CC(=O)N(CCC#N)c2ccccc2)cc1. The highest BCUT2D eigenvalue weighted by molar-refractivity contribution is 5.94. The van der Waals surface area contributed by atoms with Gasteiger partial charge in [0, 0.05) is 18.8 Å². The first-order chi connectivity index (χ1) is 11.6. The van der Waals surface area contributed by atoms with Gasteiger partial charge in [-0.25, -0.2) is 0 Å². The van der Waals surface area contributed by atoms with Crippen LogP contribution in [0, 0.1) is 18.3 Å². The Labute approximate surface area is 143 Å². The van der Waals surface area contributed by atoms with Gasteiger partial charge in [-0.2, -0.15) is 5.26 Å². The second-order valence-electron chi connectivity index (χ2n) is 5.95. The molecule has 0 saturated heterocycles. The number of carbonyl (C=O) groups excluding carboxylic acids is 1. The van der Waals surface area contributed by atoms with Crippen molar-refractivity contribution >= 4 is 11.6 Å². The number of amides is 1. The largest absolute Gasteiger partial charge is 0.310 e. The maximum atomic E-state index is 12.7. The molecule has 2 aromatic carbocycles. The molecule has 0 aromatic heterocycles. The number of nitriles is 1. The summed E-state index contributed by atoms with van der Waals surface area (Å²) in [4.78, 5) is 16.4. The van der Waals surface area contributed by atoms with Crippen molar-refractivity contribution in [1.82, 2.24) is 4.90 Å². The van der Waals surface area contributed by atoms with Gasteiger partial charge in [-0.3, -0.25) is 9.69 Å². The number of para-hydroxylation sites is 1. The zero-order valence-electron chi connectivity index (χ0n) is 14.3. The van der Waals surface area contributed by atoms with Gasteiger partial charge in [-0.15, -0.1) is 0 Å². The lowest BCUT2D eigenvalue weighted by molar-refractivity contribution is -0.119. The van der Waals surface area contributed by atoms with E-state index in [2.05, 4.69) is 37.3 Å². The van der Waals surface area contributed by atoms with Crippen LogP contribution in [0.4, 0.5) is 5.69 Å². The third-order valence-electron chi connectivity index (χ3n) is 3.79. The van der Waals surface area contributed by atoms with E-state index in [-0.39, 0.29) is 5.91 Å². The molecule has 1 amide bonds. The van der Waals surface area contributed by atoms with E-state index in [1.165, 1.54) is 11.1 Å². The normalized spacial score (nSPS) is 10.4. The summed E-state index contributed by atoms with van der Waals surface area (Å²) in [6.45, 7) is 3.50. The summed E-state index contributed by atoms with van der Waals surface area (Å²) < 4.78 is 0. The molecule has 0 spiro atoms. The third-order valence-corrected chi connectivity index (χ3v) is 3.79. The maximum absolute atomic E-state index is 12.7. The molecule has 0 N–H and O–H groups in total. The summed E-state index contributed by atoms with van der Waals surface area (Å²) in [6.07, 6.45) is 0.322. The van der Waals surface area contributed by atoms with Crippen molar-refractivity contribution in [1.29, 1.82) is 5.26 Å². The molecule has 0 aliphatic heterocycles. The molecule has 124 valence electrons. The third kappa shape index (κ3) is 5.22. The fraction of sp³-hybridized carbons (Fsp3) is 0.300. The van der Waals surface area contributed by atoms with Crippen LogP contribution in [0.1, 0.15) is 17.5 Å². The Bertz CT molecular complexity index is 689. The average molecular weight is 321 g/mol. The summed E-state index contributed by atoms with van der Waals surface area (Å²) in [7, 11) is 1.94. The van der Waals surface area contributed by atoms with Gasteiger partial charge >= 0.3 is 0 Å². The summed E-state index contributed by atoms with van der Waals surface area (Å²) >= 11 is 0. The molecule has 0 bridgehead atoms. The minimum Gasteiger partial charge on any atom is -0.310 e. The van der Waals surface area contributed by atoms with Crippen molar-refractivity contribution in [3.8, 4) is 6.07 Å². The molecule has 0 atom stereocenters. The van der Waals surface area contributed by atoms with Crippen LogP contribution in [0.3, 0.4) is 0 Å². The number of carbonyl (C=O) groups is 1. The van der Waals surface area contributed by atoms with Crippen molar-refractivity contribution < 1.29 is 4.79 Å². The van der Waals surface area contributed by atoms with E-state index in [0.29, 0.717) is 26.1 Å².